The van der Waals surface area contributed by atoms with Gasteiger partial charge in [-0.3, -0.25) is 9.59 Å². The van der Waals surface area contributed by atoms with E-state index < -0.39 is 24.5 Å². The quantitative estimate of drug-likeness (QED) is 0.502. The predicted molar refractivity (Wildman–Crippen MR) is 112 cm³/mol. The molecule has 0 spiro atoms. The SMILES string of the molecule is COc1ccc(C(=O)N[C@H](C(=O)OCC(=O)c2ccc(C)cc2)C(C)C)cc1OC. The summed E-state index contributed by atoms with van der Waals surface area (Å²) in [5.41, 5.74) is 1.80. The van der Waals surface area contributed by atoms with Gasteiger partial charge in [-0.05, 0) is 31.0 Å². The first-order chi connectivity index (χ1) is 14.3. The van der Waals surface area contributed by atoms with Gasteiger partial charge in [0, 0.05) is 11.1 Å². The lowest BCUT2D eigenvalue weighted by molar-refractivity contribution is -0.145. The molecule has 7 nitrogen and oxygen atoms in total. The number of Topliss-reactive ketones (excluding diaryl/α,β-unsaturated/α-hetero) is 1. The molecule has 7 heteroatoms. The van der Waals surface area contributed by atoms with Gasteiger partial charge in [-0.2, -0.15) is 0 Å². The molecule has 30 heavy (non-hydrogen) atoms. The predicted octanol–water partition coefficient (Wildman–Crippen LogP) is 3.19. The lowest BCUT2D eigenvalue weighted by Crippen LogP contribution is -2.45. The number of hydrogen-bond donors (Lipinski definition) is 1. The van der Waals surface area contributed by atoms with E-state index in [1.165, 1.54) is 20.3 Å². The Balaban J connectivity index is 2.04. The third-order valence-corrected chi connectivity index (χ3v) is 4.57. The van der Waals surface area contributed by atoms with Crippen molar-refractivity contribution >= 4 is 17.7 Å². The Bertz CT molecular complexity index is 904. The van der Waals surface area contributed by atoms with E-state index in [9.17, 15) is 14.4 Å². The van der Waals surface area contributed by atoms with Gasteiger partial charge in [-0.25, -0.2) is 4.79 Å². The first-order valence-electron chi connectivity index (χ1n) is 9.56. The lowest BCUT2D eigenvalue weighted by Gasteiger charge is -2.21. The Morgan fingerprint density at radius 2 is 1.50 bits per heavy atom. The number of methoxy groups -OCH3 is 2. The molecule has 160 valence electrons. The summed E-state index contributed by atoms with van der Waals surface area (Å²) >= 11 is 0. The minimum absolute atomic E-state index is 0.240. The summed E-state index contributed by atoms with van der Waals surface area (Å²) in [6, 6.07) is 10.8. The van der Waals surface area contributed by atoms with E-state index in [4.69, 9.17) is 14.2 Å². The molecule has 2 rings (SSSR count). The molecule has 1 N–H and O–H groups in total. The molecule has 0 unspecified atom stereocenters. The average Bonchev–Trinajstić information content (AvgIpc) is 2.75. The molecular weight excluding hydrogens is 386 g/mol. The summed E-state index contributed by atoms with van der Waals surface area (Å²) in [6.07, 6.45) is 0. The van der Waals surface area contributed by atoms with Crippen LogP contribution in [-0.4, -0.2) is 44.5 Å². The third-order valence-electron chi connectivity index (χ3n) is 4.57. The van der Waals surface area contributed by atoms with Crippen molar-refractivity contribution in [1.29, 1.82) is 0 Å². The van der Waals surface area contributed by atoms with Crippen LogP contribution in [0.15, 0.2) is 42.5 Å². The fourth-order valence-corrected chi connectivity index (χ4v) is 2.75. The first-order valence-corrected chi connectivity index (χ1v) is 9.56. The van der Waals surface area contributed by atoms with Crippen LogP contribution in [0.1, 0.15) is 40.1 Å². The summed E-state index contributed by atoms with van der Waals surface area (Å²) < 4.78 is 15.6. The number of ether oxygens (including phenoxy) is 3. The first kappa shape index (κ1) is 22.9. The second kappa shape index (κ2) is 10.4. The minimum Gasteiger partial charge on any atom is -0.493 e. The van der Waals surface area contributed by atoms with E-state index in [0.29, 0.717) is 22.6 Å². The topological polar surface area (TPSA) is 90.9 Å². The highest BCUT2D eigenvalue weighted by molar-refractivity contribution is 5.99. The van der Waals surface area contributed by atoms with E-state index in [1.54, 1.807) is 38.1 Å². The molecule has 1 amide bonds. The van der Waals surface area contributed by atoms with Crippen molar-refractivity contribution < 1.29 is 28.6 Å². The van der Waals surface area contributed by atoms with Crippen LogP contribution < -0.4 is 14.8 Å². The van der Waals surface area contributed by atoms with Crippen LogP contribution in [0.25, 0.3) is 0 Å². The molecule has 0 radical (unpaired) electrons. The van der Waals surface area contributed by atoms with Crippen LogP contribution in [0.2, 0.25) is 0 Å². The average molecular weight is 413 g/mol. The van der Waals surface area contributed by atoms with E-state index in [0.717, 1.165) is 5.56 Å². The highest BCUT2D eigenvalue weighted by Gasteiger charge is 2.27. The number of carbonyl (C=O) groups is 3. The largest absolute Gasteiger partial charge is 0.493 e. The van der Waals surface area contributed by atoms with E-state index in [-0.39, 0.29) is 11.7 Å². The van der Waals surface area contributed by atoms with Crippen molar-refractivity contribution in [3.8, 4) is 11.5 Å². The van der Waals surface area contributed by atoms with Gasteiger partial charge in [0.25, 0.3) is 5.91 Å². The van der Waals surface area contributed by atoms with Gasteiger partial charge < -0.3 is 19.5 Å². The van der Waals surface area contributed by atoms with Gasteiger partial charge in [0.05, 0.1) is 14.2 Å². The fraction of sp³-hybridized carbons (Fsp3) is 0.348. The summed E-state index contributed by atoms with van der Waals surface area (Å²) in [7, 11) is 2.97. The van der Waals surface area contributed by atoms with E-state index in [2.05, 4.69) is 5.32 Å². The van der Waals surface area contributed by atoms with Gasteiger partial charge in [0.15, 0.2) is 23.9 Å². The molecule has 0 saturated carbocycles. The Morgan fingerprint density at radius 1 is 0.900 bits per heavy atom. The zero-order valence-electron chi connectivity index (χ0n) is 17.9. The minimum atomic E-state index is -0.906. The summed E-state index contributed by atoms with van der Waals surface area (Å²) in [6.45, 7) is 5.09. The molecule has 2 aromatic carbocycles. The van der Waals surface area contributed by atoms with E-state index >= 15 is 0 Å². The number of benzene rings is 2. The number of carbonyl (C=O) groups excluding carboxylic acids is 3. The normalized spacial score (nSPS) is 11.5. The summed E-state index contributed by atoms with van der Waals surface area (Å²) in [4.78, 5) is 37.4. The number of rotatable bonds is 9. The van der Waals surface area contributed by atoms with Crippen molar-refractivity contribution in [2.75, 3.05) is 20.8 Å². The Labute approximate surface area is 176 Å². The van der Waals surface area contributed by atoms with Crippen molar-refractivity contribution in [2.24, 2.45) is 5.92 Å². The number of ketones is 1. The highest BCUT2D eigenvalue weighted by atomic mass is 16.5. The molecule has 2 aromatic rings. The van der Waals surface area contributed by atoms with Crippen LogP contribution in [-0.2, 0) is 9.53 Å². The Morgan fingerprint density at radius 3 is 2.07 bits per heavy atom. The van der Waals surface area contributed by atoms with Gasteiger partial charge in [-0.15, -0.1) is 0 Å². The number of hydrogen-bond acceptors (Lipinski definition) is 6. The second-order valence-corrected chi connectivity index (χ2v) is 7.16. The second-order valence-electron chi connectivity index (χ2n) is 7.16. The molecule has 1 atom stereocenters. The zero-order valence-corrected chi connectivity index (χ0v) is 17.9. The van der Waals surface area contributed by atoms with Crippen LogP contribution in [0.4, 0.5) is 0 Å². The van der Waals surface area contributed by atoms with Crippen LogP contribution in [0, 0.1) is 12.8 Å². The maximum atomic E-state index is 12.6. The van der Waals surface area contributed by atoms with Gasteiger partial charge in [-0.1, -0.05) is 43.7 Å². The van der Waals surface area contributed by atoms with Crippen molar-refractivity contribution in [1.82, 2.24) is 5.32 Å². The fourth-order valence-electron chi connectivity index (χ4n) is 2.75. The van der Waals surface area contributed by atoms with E-state index in [1.807, 2.05) is 19.1 Å². The molecule has 0 aliphatic heterocycles. The van der Waals surface area contributed by atoms with Crippen LogP contribution in [0.3, 0.4) is 0 Å². The third kappa shape index (κ3) is 5.83. The van der Waals surface area contributed by atoms with Crippen molar-refractivity contribution in [3.63, 3.8) is 0 Å². The molecule has 0 heterocycles. The lowest BCUT2D eigenvalue weighted by atomic mass is 10.0. The Kier molecular flexibility index (Phi) is 7.98. The summed E-state index contributed by atoms with van der Waals surface area (Å²) in [5.74, 6) is -0.787. The number of nitrogens with one attached hydrogen (secondary N) is 1. The van der Waals surface area contributed by atoms with Crippen LogP contribution in [0.5, 0.6) is 11.5 Å². The van der Waals surface area contributed by atoms with Gasteiger partial charge >= 0.3 is 5.97 Å². The van der Waals surface area contributed by atoms with Crippen molar-refractivity contribution in [3.05, 3.63) is 59.2 Å². The Hall–Kier alpha value is -3.35. The number of aryl methyl sites for hydroxylation is 1. The van der Waals surface area contributed by atoms with Crippen molar-refractivity contribution in [2.45, 2.75) is 26.8 Å². The molecule has 0 aliphatic rings. The monoisotopic (exact) mass is 413 g/mol. The smallest absolute Gasteiger partial charge is 0.329 e. The molecular formula is C23H27NO6. The molecule has 0 aliphatic carbocycles. The summed E-state index contributed by atoms with van der Waals surface area (Å²) in [5, 5.41) is 2.67. The van der Waals surface area contributed by atoms with Crippen LogP contribution >= 0.6 is 0 Å². The molecule has 0 saturated heterocycles. The molecule has 0 bridgehead atoms. The van der Waals surface area contributed by atoms with Gasteiger partial charge in [0.2, 0.25) is 0 Å². The van der Waals surface area contributed by atoms with Gasteiger partial charge in [0.1, 0.15) is 6.04 Å². The maximum absolute atomic E-state index is 12.6. The molecule has 0 aromatic heterocycles. The highest BCUT2D eigenvalue weighted by Crippen LogP contribution is 2.27. The molecule has 0 fully saturated rings. The standard InChI is InChI=1S/C23H27NO6/c1-14(2)21(23(27)30-13-18(25)16-8-6-15(3)7-9-16)24-22(26)17-10-11-19(28-4)20(12-17)29-5/h6-12,14,21H,13H2,1-5H3,(H,24,26)/t21-/m0/s1. The maximum Gasteiger partial charge on any atom is 0.329 e. The zero-order chi connectivity index (χ0) is 22.3. The number of esters is 1. The number of amides is 1.